The molecule has 114 valence electrons. The van der Waals surface area contributed by atoms with Gasteiger partial charge in [-0.2, -0.15) is 5.10 Å². The number of anilines is 1. The molecule has 0 atom stereocenters. The summed E-state index contributed by atoms with van der Waals surface area (Å²) in [5.41, 5.74) is 5.84. The van der Waals surface area contributed by atoms with E-state index in [-0.39, 0.29) is 29.3 Å². The summed E-state index contributed by atoms with van der Waals surface area (Å²) in [7, 11) is -2.06. The summed E-state index contributed by atoms with van der Waals surface area (Å²) in [5, 5.41) is 13.4. The van der Waals surface area contributed by atoms with E-state index >= 15 is 0 Å². The number of rotatable bonds is 5. The third-order valence-corrected chi connectivity index (χ3v) is 5.78. The van der Waals surface area contributed by atoms with Gasteiger partial charge in [-0.25, -0.2) is 13.1 Å². The number of hydrogen-bond donors (Lipinski definition) is 3. The molecule has 0 unspecified atom stereocenters. The van der Waals surface area contributed by atoms with Crippen LogP contribution in [0.15, 0.2) is 4.90 Å². The van der Waals surface area contributed by atoms with Gasteiger partial charge in [0.2, 0.25) is 10.0 Å². The Morgan fingerprint density at radius 3 is 2.50 bits per heavy atom. The van der Waals surface area contributed by atoms with E-state index < -0.39 is 10.0 Å². The zero-order valence-electron chi connectivity index (χ0n) is 11.9. The summed E-state index contributed by atoms with van der Waals surface area (Å²) in [6, 6.07) is 0. The molecule has 1 aliphatic rings. The topological polar surface area (TPSA) is 110 Å². The van der Waals surface area contributed by atoms with Crippen LogP contribution in [0, 0.1) is 12.3 Å². The molecule has 1 fully saturated rings. The fourth-order valence-corrected chi connectivity index (χ4v) is 4.26. The van der Waals surface area contributed by atoms with E-state index in [1.165, 1.54) is 4.68 Å². The highest BCUT2D eigenvalue weighted by Gasteiger charge is 2.35. The maximum atomic E-state index is 12.4. The van der Waals surface area contributed by atoms with Gasteiger partial charge < -0.3 is 10.8 Å². The van der Waals surface area contributed by atoms with Crippen molar-refractivity contribution in [3.05, 3.63) is 5.69 Å². The average molecular weight is 302 g/mol. The van der Waals surface area contributed by atoms with Crippen molar-refractivity contribution in [2.75, 3.05) is 18.9 Å². The second-order valence-corrected chi connectivity index (χ2v) is 7.32. The minimum Gasteiger partial charge on any atom is -0.396 e. The highest BCUT2D eigenvalue weighted by molar-refractivity contribution is 7.89. The Hall–Kier alpha value is -1.12. The number of nitrogens with two attached hydrogens (primary N) is 1. The zero-order chi connectivity index (χ0) is 15.0. The Morgan fingerprint density at radius 1 is 1.45 bits per heavy atom. The van der Waals surface area contributed by atoms with Crippen LogP contribution >= 0.6 is 0 Å². The van der Waals surface area contributed by atoms with Crippen molar-refractivity contribution in [3.63, 3.8) is 0 Å². The lowest BCUT2D eigenvalue weighted by Gasteiger charge is -2.26. The lowest BCUT2D eigenvalue weighted by atomic mass is 9.88. The van der Waals surface area contributed by atoms with Gasteiger partial charge in [-0.3, -0.25) is 4.68 Å². The van der Waals surface area contributed by atoms with Crippen LogP contribution in [-0.4, -0.2) is 36.5 Å². The molecule has 1 heterocycles. The number of aliphatic hydroxyl groups excluding tert-OH is 1. The Bertz CT molecular complexity index is 588. The Morgan fingerprint density at radius 2 is 2.05 bits per heavy atom. The Kier molecular flexibility index (Phi) is 4.08. The van der Waals surface area contributed by atoms with E-state index in [2.05, 4.69) is 9.82 Å². The van der Waals surface area contributed by atoms with E-state index in [1.54, 1.807) is 14.0 Å². The lowest BCUT2D eigenvalue weighted by Crippen LogP contribution is -2.38. The van der Waals surface area contributed by atoms with Crippen molar-refractivity contribution in [1.29, 1.82) is 0 Å². The maximum absolute atomic E-state index is 12.4. The Labute approximate surface area is 119 Å². The van der Waals surface area contributed by atoms with Gasteiger partial charge >= 0.3 is 0 Å². The molecule has 1 saturated carbocycles. The number of aryl methyl sites for hydroxylation is 1. The first-order chi connectivity index (χ1) is 9.31. The van der Waals surface area contributed by atoms with Crippen LogP contribution in [0.1, 0.15) is 31.4 Å². The number of aromatic nitrogens is 2. The molecule has 0 bridgehead atoms. The number of nitrogens with one attached hydrogen (secondary N) is 1. The summed E-state index contributed by atoms with van der Waals surface area (Å²) < 4.78 is 28.8. The molecular weight excluding hydrogens is 280 g/mol. The number of nitrogen functional groups attached to an aromatic ring is 1. The highest BCUT2D eigenvalue weighted by atomic mass is 32.2. The van der Waals surface area contributed by atoms with Gasteiger partial charge in [0, 0.05) is 25.6 Å². The second kappa shape index (κ2) is 5.34. The molecule has 0 amide bonds. The third-order valence-electron chi connectivity index (χ3n) is 4.21. The SMILES string of the molecule is Cc1c(S(=O)(=O)NCC2(CO)CCCC2)c(N)nn1C. The predicted molar refractivity (Wildman–Crippen MR) is 75.5 cm³/mol. The van der Waals surface area contributed by atoms with Crippen molar-refractivity contribution in [2.45, 2.75) is 37.5 Å². The molecular formula is C12H22N4O3S. The van der Waals surface area contributed by atoms with Crippen molar-refractivity contribution in [1.82, 2.24) is 14.5 Å². The van der Waals surface area contributed by atoms with Crippen molar-refractivity contribution in [2.24, 2.45) is 12.5 Å². The molecule has 0 spiro atoms. The van der Waals surface area contributed by atoms with Gasteiger partial charge in [0.1, 0.15) is 4.90 Å². The van der Waals surface area contributed by atoms with Gasteiger partial charge in [-0.05, 0) is 19.8 Å². The highest BCUT2D eigenvalue weighted by Crippen LogP contribution is 2.37. The van der Waals surface area contributed by atoms with E-state index in [4.69, 9.17) is 5.73 Å². The van der Waals surface area contributed by atoms with Gasteiger partial charge in [-0.1, -0.05) is 12.8 Å². The van der Waals surface area contributed by atoms with E-state index in [0.717, 1.165) is 25.7 Å². The largest absolute Gasteiger partial charge is 0.396 e. The summed E-state index contributed by atoms with van der Waals surface area (Å²) in [6.07, 6.45) is 3.73. The molecule has 1 aliphatic carbocycles. The molecule has 0 radical (unpaired) electrons. The summed E-state index contributed by atoms with van der Waals surface area (Å²) in [4.78, 5) is 0.0334. The van der Waals surface area contributed by atoms with Crippen LogP contribution in [0.5, 0.6) is 0 Å². The monoisotopic (exact) mass is 302 g/mol. The van der Waals surface area contributed by atoms with Gasteiger partial charge in [0.05, 0.1) is 5.69 Å². The normalized spacial score (nSPS) is 18.6. The predicted octanol–water partition coefficient (Wildman–Crippen LogP) is 0.142. The van der Waals surface area contributed by atoms with Crippen LogP contribution < -0.4 is 10.5 Å². The first-order valence-electron chi connectivity index (χ1n) is 6.71. The van der Waals surface area contributed by atoms with Crippen molar-refractivity contribution in [3.8, 4) is 0 Å². The van der Waals surface area contributed by atoms with Crippen LogP contribution in [-0.2, 0) is 17.1 Å². The van der Waals surface area contributed by atoms with Crippen LogP contribution in [0.2, 0.25) is 0 Å². The standard InChI is InChI=1S/C12H22N4O3S/c1-9-10(11(13)15-16(9)2)20(18,19)14-7-12(8-17)5-3-4-6-12/h14,17H,3-8H2,1-2H3,(H2,13,15). The van der Waals surface area contributed by atoms with E-state index in [0.29, 0.717) is 5.69 Å². The molecule has 4 N–H and O–H groups in total. The minimum atomic E-state index is -3.71. The average Bonchev–Trinajstić information content (AvgIpc) is 2.94. The number of nitrogens with zero attached hydrogens (tertiary/aromatic N) is 2. The molecule has 7 nitrogen and oxygen atoms in total. The van der Waals surface area contributed by atoms with Crippen LogP contribution in [0.4, 0.5) is 5.82 Å². The van der Waals surface area contributed by atoms with E-state index in [9.17, 15) is 13.5 Å². The molecule has 0 aliphatic heterocycles. The van der Waals surface area contributed by atoms with Crippen LogP contribution in [0.3, 0.4) is 0 Å². The fraction of sp³-hybridized carbons (Fsp3) is 0.750. The van der Waals surface area contributed by atoms with Gasteiger partial charge in [0.25, 0.3) is 0 Å². The number of hydrogen-bond acceptors (Lipinski definition) is 5. The molecule has 0 aromatic carbocycles. The van der Waals surface area contributed by atoms with Crippen LogP contribution in [0.25, 0.3) is 0 Å². The third kappa shape index (κ3) is 2.68. The smallest absolute Gasteiger partial charge is 0.246 e. The summed E-state index contributed by atoms with van der Waals surface area (Å²) in [5.74, 6) is 0.00182. The maximum Gasteiger partial charge on any atom is 0.246 e. The van der Waals surface area contributed by atoms with E-state index in [1.807, 2.05) is 0 Å². The summed E-state index contributed by atoms with van der Waals surface area (Å²) >= 11 is 0. The molecule has 8 heteroatoms. The quantitative estimate of drug-likeness (QED) is 0.716. The molecule has 1 aromatic rings. The van der Waals surface area contributed by atoms with Crippen molar-refractivity contribution < 1.29 is 13.5 Å². The van der Waals surface area contributed by atoms with Crippen molar-refractivity contribution >= 4 is 15.8 Å². The second-order valence-electron chi connectivity index (χ2n) is 5.61. The lowest BCUT2D eigenvalue weighted by molar-refractivity contribution is 0.134. The first kappa shape index (κ1) is 15.3. The minimum absolute atomic E-state index is 0.00182. The Balaban J connectivity index is 2.19. The molecule has 2 rings (SSSR count). The van der Waals surface area contributed by atoms with Gasteiger partial charge in [-0.15, -0.1) is 0 Å². The fourth-order valence-electron chi connectivity index (χ4n) is 2.78. The number of sulfonamides is 1. The molecule has 0 saturated heterocycles. The zero-order valence-corrected chi connectivity index (χ0v) is 12.7. The summed E-state index contributed by atoms with van der Waals surface area (Å²) in [6.45, 7) is 1.89. The first-order valence-corrected chi connectivity index (χ1v) is 8.19. The van der Waals surface area contributed by atoms with Gasteiger partial charge in [0.15, 0.2) is 5.82 Å². The molecule has 20 heavy (non-hydrogen) atoms. The number of aliphatic hydroxyl groups is 1. The molecule has 1 aromatic heterocycles.